The number of nitrogens with two attached hydrogens (primary N) is 1. The molecule has 13 heavy (non-hydrogen) atoms. The van der Waals surface area contributed by atoms with Gasteiger partial charge in [-0.15, -0.1) is 0 Å². The summed E-state index contributed by atoms with van der Waals surface area (Å²) in [4.78, 5) is 11.2. The van der Waals surface area contributed by atoms with Crippen LogP contribution in [0.1, 0.15) is 33.6 Å². The number of ether oxygens (including phenoxy) is 1. The Bertz CT molecular complexity index is 192. The largest absolute Gasteiger partial charge is 0.444 e. The van der Waals surface area contributed by atoms with E-state index in [1.54, 1.807) is 0 Å². The van der Waals surface area contributed by atoms with Crippen LogP contribution in [-0.4, -0.2) is 23.8 Å². The fourth-order valence-electron chi connectivity index (χ4n) is 1.25. The molecule has 0 heterocycles. The smallest absolute Gasteiger partial charge is 0.407 e. The molecule has 0 atom stereocenters. The summed E-state index contributed by atoms with van der Waals surface area (Å²) < 4.78 is 5.09. The third-order valence-corrected chi connectivity index (χ3v) is 1.90. The maximum Gasteiger partial charge on any atom is 0.407 e. The molecule has 1 rings (SSSR count). The minimum Gasteiger partial charge on any atom is -0.444 e. The minimum atomic E-state index is -0.421. The van der Waals surface area contributed by atoms with E-state index >= 15 is 0 Å². The normalized spacial score (nSPS) is 27.7. The van der Waals surface area contributed by atoms with Crippen molar-refractivity contribution in [1.82, 2.24) is 5.32 Å². The predicted octanol–water partition coefficient (Wildman–Crippen LogP) is 1.00. The lowest BCUT2D eigenvalue weighted by Gasteiger charge is -2.33. The van der Waals surface area contributed by atoms with Crippen LogP contribution in [-0.2, 0) is 4.74 Å². The summed E-state index contributed by atoms with van der Waals surface area (Å²) in [5.74, 6) is 0. The van der Waals surface area contributed by atoms with E-state index in [1.165, 1.54) is 0 Å². The highest BCUT2D eigenvalue weighted by Crippen LogP contribution is 2.18. The molecule has 3 N–H and O–H groups in total. The molecule has 0 aromatic heterocycles. The maximum atomic E-state index is 11.2. The van der Waals surface area contributed by atoms with Crippen molar-refractivity contribution >= 4 is 6.09 Å². The molecule has 0 aromatic carbocycles. The summed E-state index contributed by atoms with van der Waals surface area (Å²) in [6.07, 6.45) is 1.38. The fraction of sp³-hybridized carbons (Fsp3) is 0.889. The van der Waals surface area contributed by atoms with Crippen LogP contribution < -0.4 is 11.1 Å². The number of nitrogens with one attached hydrogen (secondary N) is 1. The second-order valence-corrected chi connectivity index (χ2v) is 4.57. The predicted molar refractivity (Wildman–Crippen MR) is 50.4 cm³/mol. The van der Waals surface area contributed by atoms with Gasteiger partial charge in [-0.3, -0.25) is 0 Å². The summed E-state index contributed by atoms with van der Waals surface area (Å²) >= 11 is 0. The highest BCUT2D eigenvalue weighted by atomic mass is 16.6. The molecular formula is C9H18N2O2. The van der Waals surface area contributed by atoms with Gasteiger partial charge in [0, 0.05) is 12.1 Å². The topological polar surface area (TPSA) is 64.3 Å². The standard InChI is InChI=1S/C9H18N2O2/c1-9(2,3)13-8(12)11-7-4-6(10)5-7/h6-7H,4-5,10H2,1-3H3,(H,11,12). The van der Waals surface area contributed by atoms with Crippen LogP contribution in [0.15, 0.2) is 0 Å². The first-order chi connectivity index (χ1) is 5.87. The monoisotopic (exact) mass is 186 g/mol. The van der Waals surface area contributed by atoms with Crippen LogP contribution in [0, 0.1) is 0 Å². The van der Waals surface area contributed by atoms with E-state index in [1.807, 2.05) is 20.8 Å². The lowest BCUT2D eigenvalue weighted by atomic mass is 9.88. The third kappa shape index (κ3) is 3.63. The molecule has 0 aliphatic heterocycles. The van der Waals surface area contributed by atoms with Gasteiger partial charge in [-0.2, -0.15) is 0 Å². The van der Waals surface area contributed by atoms with Crippen LogP contribution >= 0.6 is 0 Å². The number of carbonyl (C=O) groups is 1. The molecular weight excluding hydrogens is 168 g/mol. The summed E-state index contributed by atoms with van der Waals surface area (Å²) in [6, 6.07) is 0.463. The van der Waals surface area contributed by atoms with Gasteiger partial charge in [-0.1, -0.05) is 0 Å². The van der Waals surface area contributed by atoms with Gasteiger partial charge in [0.25, 0.3) is 0 Å². The number of amides is 1. The molecule has 76 valence electrons. The Labute approximate surface area is 78.8 Å². The Morgan fingerprint density at radius 2 is 2.00 bits per heavy atom. The second-order valence-electron chi connectivity index (χ2n) is 4.57. The van der Waals surface area contributed by atoms with Gasteiger partial charge in [-0.25, -0.2) is 4.79 Å². The van der Waals surface area contributed by atoms with E-state index in [4.69, 9.17) is 10.5 Å². The van der Waals surface area contributed by atoms with E-state index in [9.17, 15) is 4.79 Å². The first-order valence-corrected chi connectivity index (χ1v) is 4.62. The van der Waals surface area contributed by atoms with Crippen LogP contribution in [0.3, 0.4) is 0 Å². The fourth-order valence-corrected chi connectivity index (χ4v) is 1.25. The molecule has 1 amide bonds. The second kappa shape index (κ2) is 3.54. The van der Waals surface area contributed by atoms with E-state index in [0.717, 1.165) is 12.8 Å². The van der Waals surface area contributed by atoms with E-state index in [0.29, 0.717) is 0 Å². The van der Waals surface area contributed by atoms with Crippen molar-refractivity contribution in [3.8, 4) is 0 Å². The highest BCUT2D eigenvalue weighted by Gasteiger charge is 2.28. The van der Waals surface area contributed by atoms with Crippen molar-refractivity contribution in [2.75, 3.05) is 0 Å². The van der Waals surface area contributed by atoms with Crippen molar-refractivity contribution < 1.29 is 9.53 Å². The van der Waals surface area contributed by atoms with Crippen LogP contribution in [0.4, 0.5) is 4.79 Å². The molecule has 0 bridgehead atoms. The zero-order valence-electron chi connectivity index (χ0n) is 8.46. The van der Waals surface area contributed by atoms with Crippen LogP contribution in [0.5, 0.6) is 0 Å². The lowest BCUT2D eigenvalue weighted by Crippen LogP contribution is -2.51. The zero-order chi connectivity index (χ0) is 10.1. The molecule has 4 nitrogen and oxygen atoms in total. The van der Waals surface area contributed by atoms with E-state index in [2.05, 4.69) is 5.32 Å². The van der Waals surface area contributed by atoms with E-state index in [-0.39, 0.29) is 18.2 Å². The molecule has 0 saturated heterocycles. The Balaban J connectivity index is 2.19. The number of alkyl carbamates (subject to hydrolysis) is 1. The molecule has 1 aliphatic rings. The average Bonchev–Trinajstić information content (AvgIpc) is 1.79. The first-order valence-electron chi connectivity index (χ1n) is 4.62. The van der Waals surface area contributed by atoms with Crippen LogP contribution in [0.25, 0.3) is 0 Å². The van der Waals surface area contributed by atoms with Crippen molar-refractivity contribution in [1.29, 1.82) is 0 Å². The van der Waals surface area contributed by atoms with Gasteiger partial charge in [-0.05, 0) is 33.6 Å². The number of carbonyl (C=O) groups excluding carboxylic acids is 1. The number of hydrogen-bond acceptors (Lipinski definition) is 3. The zero-order valence-corrected chi connectivity index (χ0v) is 8.46. The van der Waals surface area contributed by atoms with Gasteiger partial charge in [0.1, 0.15) is 5.60 Å². The molecule has 1 saturated carbocycles. The third-order valence-electron chi connectivity index (χ3n) is 1.90. The van der Waals surface area contributed by atoms with Gasteiger partial charge in [0.2, 0.25) is 0 Å². The highest BCUT2D eigenvalue weighted by molar-refractivity contribution is 5.68. The molecule has 0 aromatic rings. The maximum absolute atomic E-state index is 11.2. The number of rotatable bonds is 1. The van der Waals surface area contributed by atoms with Crippen LogP contribution in [0.2, 0.25) is 0 Å². The Morgan fingerprint density at radius 1 is 1.46 bits per heavy atom. The molecule has 0 spiro atoms. The molecule has 0 radical (unpaired) electrons. The molecule has 1 fully saturated rings. The quantitative estimate of drug-likeness (QED) is 0.642. The summed E-state index contributed by atoms with van der Waals surface area (Å²) in [5.41, 5.74) is 5.16. The van der Waals surface area contributed by atoms with Crippen molar-refractivity contribution in [2.24, 2.45) is 5.73 Å². The van der Waals surface area contributed by atoms with Gasteiger partial charge < -0.3 is 15.8 Å². The van der Waals surface area contributed by atoms with Gasteiger partial charge in [0.15, 0.2) is 0 Å². The van der Waals surface area contributed by atoms with Gasteiger partial charge >= 0.3 is 6.09 Å². The molecule has 1 aliphatic carbocycles. The summed E-state index contributed by atoms with van der Waals surface area (Å²) in [7, 11) is 0. The molecule has 4 heteroatoms. The van der Waals surface area contributed by atoms with Gasteiger partial charge in [0.05, 0.1) is 0 Å². The molecule has 0 unspecified atom stereocenters. The van der Waals surface area contributed by atoms with Crippen molar-refractivity contribution in [3.05, 3.63) is 0 Å². The SMILES string of the molecule is CC(C)(C)OC(=O)NC1CC(N)C1. The Hall–Kier alpha value is -0.770. The van der Waals surface area contributed by atoms with Crippen molar-refractivity contribution in [2.45, 2.75) is 51.3 Å². The summed E-state index contributed by atoms with van der Waals surface area (Å²) in [5, 5.41) is 2.76. The lowest BCUT2D eigenvalue weighted by molar-refractivity contribution is 0.0473. The Morgan fingerprint density at radius 3 is 2.38 bits per heavy atom. The average molecular weight is 186 g/mol. The number of hydrogen-bond donors (Lipinski definition) is 2. The Kier molecular flexibility index (Phi) is 2.81. The first kappa shape index (κ1) is 10.3. The minimum absolute atomic E-state index is 0.213. The van der Waals surface area contributed by atoms with Crippen molar-refractivity contribution in [3.63, 3.8) is 0 Å². The summed E-state index contributed by atoms with van der Waals surface area (Å²) in [6.45, 7) is 5.54. The van der Waals surface area contributed by atoms with E-state index < -0.39 is 5.60 Å².